The number of hydrogen-bond acceptors (Lipinski definition) is 4. The average Bonchev–Trinajstić information content (AvgIpc) is 2.35. The maximum absolute atomic E-state index is 12.3. The Kier molecular flexibility index (Phi) is 4.73. The predicted molar refractivity (Wildman–Crippen MR) is 60.3 cm³/mol. The monoisotopic (exact) mass is 313 g/mol. The molecule has 0 aromatic heterocycles. The molecule has 0 radical (unpaired) electrons. The van der Waals surface area contributed by atoms with Crippen molar-refractivity contribution >= 4 is 16.0 Å². The zero-order valence-corrected chi connectivity index (χ0v) is 10.6. The molecule has 6 nitrogen and oxygen atoms in total. The second kappa shape index (κ2) is 5.77. The highest BCUT2D eigenvalue weighted by Gasteiger charge is 2.30. The molecule has 0 saturated heterocycles. The van der Waals surface area contributed by atoms with Gasteiger partial charge in [0.15, 0.2) is 6.10 Å². The molecule has 0 unspecified atom stereocenters. The number of sulfonamides is 1. The second-order valence-corrected chi connectivity index (χ2v) is 5.50. The van der Waals surface area contributed by atoms with E-state index >= 15 is 0 Å². The fourth-order valence-corrected chi connectivity index (χ4v) is 2.22. The molecule has 1 aromatic carbocycles. The highest BCUT2D eigenvalue weighted by Crippen LogP contribution is 2.29. The van der Waals surface area contributed by atoms with Crippen LogP contribution in [-0.4, -0.2) is 37.2 Å². The molecule has 3 N–H and O–H groups in total. The summed E-state index contributed by atoms with van der Waals surface area (Å²) in [4.78, 5) is 9.83. The molecule has 0 amide bonds. The molecule has 0 spiro atoms. The Morgan fingerprint density at radius 3 is 2.15 bits per heavy atom. The molecular weight excluding hydrogens is 303 g/mol. The van der Waals surface area contributed by atoms with Crippen LogP contribution >= 0.6 is 0 Å². The zero-order valence-electron chi connectivity index (χ0n) is 9.76. The van der Waals surface area contributed by atoms with Gasteiger partial charge in [0.05, 0.1) is 10.5 Å². The standard InChI is InChI=1S/C10H10F3NO5S/c11-10(12,13)6-1-3-7(4-2-6)20(18,19)14-5-8(15)9(16)17/h1-4,8,14-15H,5H2,(H,16,17)/t8-/m0/s1. The minimum atomic E-state index is -4.59. The van der Waals surface area contributed by atoms with Crippen molar-refractivity contribution in [2.24, 2.45) is 0 Å². The van der Waals surface area contributed by atoms with E-state index in [9.17, 15) is 26.4 Å². The Hall–Kier alpha value is -1.65. The summed E-state index contributed by atoms with van der Waals surface area (Å²) >= 11 is 0. The fourth-order valence-electron chi connectivity index (χ4n) is 1.18. The number of carboxylic acid groups (broad SMARTS) is 1. The van der Waals surface area contributed by atoms with Gasteiger partial charge in [-0.15, -0.1) is 0 Å². The van der Waals surface area contributed by atoms with Gasteiger partial charge in [-0.2, -0.15) is 13.2 Å². The third-order valence-corrected chi connectivity index (χ3v) is 3.68. The first-order valence-electron chi connectivity index (χ1n) is 5.12. The van der Waals surface area contributed by atoms with Crippen LogP contribution in [0.1, 0.15) is 5.56 Å². The first-order valence-corrected chi connectivity index (χ1v) is 6.60. The van der Waals surface area contributed by atoms with Crippen molar-refractivity contribution in [1.29, 1.82) is 0 Å². The van der Waals surface area contributed by atoms with E-state index in [1.807, 2.05) is 0 Å². The highest BCUT2D eigenvalue weighted by molar-refractivity contribution is 7.89. The smallest absolute Gasteiger partial charge is 0.416 e. The van der Waals surface area contributed by atoms with Gasteiger partial charge >= 0.3 is 12.1 Å². The fraction of sp³-hybridized carbons (Fsp3) is 0.300. The first-order chi connectivity index (χ1) is 9.04. The Labute approximate surface area is 111 Å². The van der Waals surface area contributed by atoms with E-state index in [1.165, 1.54) is 0 Å². The first kappa shape index (κ1) is 16.4. The predicted octanol–water partition coefficient (Wildman–Crippen LogP) is 0.429. The minimum Gasteiger partial charge on any atom is -0.479 e. The average molecular weight is 313 g/mol. The zero-order chi connectivity index (χ0) is 15.6. The van der Waals surface area contributed by atoms with Crippen LogP contribution in [0.5, 0.6) is 0 Å². The minimum absolute atomic E-state index is 0.469. The number of aliphatic hydroxyl groups excluding tert-OH is 1. The second-order valence-electron chi connectivity index (χ2n) is 3.73. The van der Waals surface area contributed by atoms with E-state index in [2.05, 4.69) is 0 Å². The summed E-state index contributed by atoms with van der Waals surface area (Å²) < 4.78 is 61.9. The summed E-state index contributed by atoms with van der Waals surface area (Å²) in [7, 11) is -4.19. The van der Waals surface area contributed by atoms with Gasteiger partial charge in [-0.25, -0.2) is 17.9 Å². The Bertz CT molecular complexity index is 582. The molecule has 0 heterocycles. The summed E-state index contributed by atoms with van der Waals surface area (Å²) in [5.41, 5.74) is -1.01. The number of halogens is 3. The number of aliphatic hydroxyl groups is 1. The highest BCUT2D eigenvalue weighted by atomic mass is 32.2. The van der Waals surface area contributed by atoms with Crippen molar-refractivity contribution < 1.29 is 36.6 Å². The Morgan fingerprint density at radius 2 is 1.75 bits per heavy atom. The van der Waals surface area contributed by atoms with E-state index in [-0.39, 0.29) is 0 Å². The topological polar surface area (TPSA) is 104 Å². The maximum atomic E-state index is 12.3. The van der Waals surface area contributed by atoms with Crippen LogP contribution < -0.4 is 4.72 Å². The van der Waals surface area contributed by atoms with Gasteiger partial charge < -0.3 is 10.2 Å². The third kappa shape index (κ3) is 4.18. The van der Waals surface area contributed by atoms with Gasteiger partial charge in [0.1, 0.15) is 0 Å². The van der Waals surface area contributed by atoms with Crippen molar-refractivity contribution in [1.82, 2.24) is 4.72 Å². The number of alkyl halides is 3. The van der Waals surface area contributed by atoms with Crippen LogP contribution in [0.15, 0.2) is 29.2 Å². The van der Waals surface area contributed by atoms with Gasteiger partial charge in [0, 0.05) is 6.54 Å². The normalized spacial score (nSPS) is 14.0. The molecule has 10 heteroatoms. The van der Waals surface area contributed by atoms with Crippen molar-refractivity contribution in [3.63, 3.8) is 0 Å². The SMILES string of the molecule is O=C(O)[C@@H](O)CNS(=O)(=O)c1ccc(C(F)(F)F)cc1. The van der Waals surface area contributed by atoms with Crippen molar-refractivity contribution in [2.45, 2.75) is 17.2 Å². The molecule has 112 valence electrons. The summed E-state index contributed by atoms with van der Waals surface area (Å²) in [6, 6.07) is 2.64. The van der Waals surface area contributed by atoms with E-state index in [0.29, 0.717) is 12.1 Å². The molecule has 0 fully saturated rings. The summed E-state index contributed by atoms with van der Waals surface area (Å²) in [6.45, 7) is -0.793. The maximum Gasteiger partial charge on any atom is 0.416 e. The number of benzene rings is 1. The molecule has 0 saturated carbocycles. The molecule has 1 aromatic rings. The van der Waals surface area contributed by atoms with Crippen LogP contribution in [0.2, 0.25) is 0 Å². The molecule has 1 rings (SSSR count). The number of carboxylic acids is 1. The van der Waals surface area contributed by atoms with Crippen LogP contribution in [0.25, 0.3) is 0 Å². The number of nitrogens with one attached hydrogen (secondary N) is 1. The number of hydrogen-bond donors (Lipinski definition) is 3. The lowest BCUT2D eigenvalue weighted by molar-refractivity contribution is -0.146. The van der Waals surface area contributed by atoms with E-state index in [4.69, 9.17) is 10.2 Å². The van der Waals surface area contributed by atoms with E-state index < -0.39 is 45.3 Å². The van der Waals surface area contributed by atoms with E-state index in [0.717, 1.165) is 12.1 Å². The Balaban J connectivity index is 2.86. The van der Waals surface area contributed by atoms with Crippen molar-refractivity contribution in [2.75, 3.05) is 6.54 Å². The van der Waals surface area contributed by atoms with Gasteiger partial charge in [-0.3, -0.25) is 0 Å². The molecule has 0 aliphatic rings. The molecule has 1 atom stereocenters. The quantitative estimate of drug-likeness (QED) is 0.731. The lowest BCUT2D eigenvalue weighted by Gasteiger charge is -2.10. The van der Waals surface area contributed by atoms with Gasteiger partial charge in [-0.1, -0.05) is 0 Å². The number of rotatable bonds is 5. The summed E-state index contributed by atoms with van der Waals surface area (Å²) in [5, 5.41) is 17.3. The molecule has 0 bridgehead atoms. The van der Waals surface area contributed by atoms with Crippen molar-refractivity contribution in [3.05, 3.63) is 29.8 Å². The lowest BCUT2D eigenvalue weighted by atomic mass is 10.2. The number of carbonyl (C=O) groups is 1. The molecule has 0 aliphatic carbocycles. The van der Waals surface area contributed by atoms with Crippen LogP contribution in [0, 0.1) is 0 Å². The largest absolute Gasteiger partial charge is 0.479 e. The van der Waals surface area contributed by atoms with Crippen molar-refractivity contribution in [3.8, 4) is 0 Å². The van der Waals surface area contributed by atoms with Crippen LogP contribution in [0.4, 0.5) is 13.2 Å². The Morgan fingerprint density at radius 1 is 1.25 bits per heavy atom. The van der Waals surface area contributed by atoms with Crippen LogP contribution in [0.3, 0.4) is 0 Å². The molecular formula is C10H10F3NO5S. The molecule has 0 aliphatic heterocycles. The number of aliphatic carboxylic acids is 1. The third-order valence-electron chi connectivity index (χ3n) is 2.24. The van der Waals surface area contributed by atoms with E-state index in [1.54, 1.807) is 4.72 Å². The molecule has 20 heavy (non-hydrogen) atoms. The van der Waals surface area contributed by atoms with Gasteiger partial charge in [0.2, 0.25) is 10.0 Å². The summed E-state index contributed by atoms with van der Waals surface area (Å²) in [6.07, 6.45) is -6.53. The van der Waals surface area contributed by atoms with Gasteiger partial charge in [0.25, 0.3) is 0 Å². The lowest BCUT2D eigenvalue weighted by Crippen LogP contribution is -2.36. The summed E-state index contributed by atoms with van der Waals surface area (Å²) in [5.74, 6) is -1.62. The van der Waals surface area contributed by atoms with Gasteiger partial charge in [-0.05, 0) is 24.3 Å². The van der Waals surface area contributed by atoms with Crippen LogP contribution in [-0.2, 0) is 21.0 Å².